The monoisotopic (exact) mass is 530 g/mol. The number of methoxy groups -OCH3 is 6. The average Bonchev–Trinajstić information content (AvgIpc) is 3.05. The van der Waals surface area contributed by atoms with Gasteiger partial charge >= 0.3 is 167 Å². The van der Waals surface area contributed by atoms with Gasteiger partial charge in [-0.05, 0) is 0 Å². The molecular formula is C16H26Cl2O6Si2Zr. The van der Waals surface area contributed by atoms with Crippen LogP contribution in [-0.4, -0.2) is 75.4 Å². The zero-order chi connectivity index (χ0) is 18.7. The summed E-state index contributed by atoms with van der Waals surface area (Å²) in [4.78, 5) is 0. The van der Waals surface area contributed by atoms with Gasteiger partial charge in [0.15, 0.2) is 0 Å². The third-order valence-electron chi connectivity index (χ3n) is 4.53. The van der Waals surface area contributed by atoms with E-state index in [0.717, 1.165) is 43.5 Å². The van der Waals surface area contributed by atoms with Crippen LogP contribution in [0.2, 0.25) is 0 Å². The Kier molecular flexibility index (Phi) is 11.8. The van der Waals surface area contributed by atoms with Gasteiger partial charge in [-0.15, -0.1) is 0 Å². The van der Waals surface area contributed by atoms with Gasteiger partial charge < -0.3 is 24.8 Å². The molecule has 2 atom stereocenters. The number of halogens is 2. The molecule has 0 amide bonds. The van der Waals surface area contributed by atoms with E-state index in [9.17, 15) is 0 Å². The van der Waals surface area contributed by atoms with Gasteiger partial charge in [0.25, 0.3) is 0 Å². The minimum Gasteiger partial charge on any atom is -1.00 e. The van der Waals surface area contributed by atoms with E-state index in [1.54, 1.807) is 42.7 Å². The zero-order valence-corrected chi connectivity index (χ0v) is 24.8. The Morgan fingerprint density at radius 3 is 1.19 bits per heavy atom. The largest absolute Gasteiger partial charge is 1.00 e. The van der Waals surface area contributed by atoms with Crippen LogP contribution in [0.4, 0.5) is 0 Å². The molecule has 0 aromatic heterocycles. The van der Waals surface area contributed by atoms with Gasteiger partial charge in [0.1, 0.15) is 0 Å². The minimum absolute atomic E-state index is 0. The molecule has 2 unspecified atom stereocenters. The number of ether oxygens (including phenoxy) is 6. The molecule has 0 saturated carbocycles. The van der Waals surface area contributed by atoms with Crippen LogP contribution in [-0.2, 0) is 51.7 Å². The molecule has 0 heterocycles. The van der Waals surface area contributed by atoms with E-state index in [0.29, 0.717) is 0 Å². The molecule has 0 aliphatic heterocycles. The van der Waals surface area contributed by atoms with Gasteiger partial charge in [0.05, 0.1) is 0 Å². The number of hydrogen-bond donors (Lipinski definition) is 0. The van der Waals surface area contributed by atoms with Crippen molar-refractivity contribution in [2.24, 2.45) is 0 Å². The second-order valence-corrected chi connectivity index (χ2v) is 10.9. The molecule has 6 nitrogen and oxygen atoms in total. The van der Waals surface area contributed by atoms with Crippen LogP contribution in [0.25, 0.3) is 0 Å². The molecule has 0 fully saturated rings. The standard InChI is InChI=1S/2C8H13O3Si.2ClH.Zr/c2*1-9-5-4-6(12)8(11-3)7(5)10-2;;;/h2*5H,1-3,12H3;2*1H;/q;;;;+2/p-2. The second-order valence-electron chi connectivity index (χ2n) is 5.64. The van der Waals surface area contributed by atoms with E-state index in [2.05, 4.69) is 0 Å². The van der Waals surface area contributed by atoms with Crippen molar-refractivity contribution in [2.75, 3.05) is 42.7 Å². The summed E-state index contributed by atoms with van der Waals surface area (Å²) in [5.41, 5.74) is 0. The zero-order valence-electron chi connectivity index (χ0n) is 16.9. The van der Waals surface area contributed by atoms with Gasteiger partial charge in [-0.1, -0.05) is 0 Å². The summed E-state index contributed by atoms with van der Waals surface area (Å²) in [6.07, 6.45) is -0.313. The van der Waals surface area contributed by atoms with Crippen molar-refractivity contribution in [1.29, 1.82) is 0 Å². The Hall–Kier alpha value is -0.0231. The Balaban J connectivity index is 0.00000338. The van der Waals surface area contributed by atoms with Crippen LogP contribution in [0.15, 0.2) is 40.0 Å². The van der Waals surface area contributed by atoms with Crippen molar-refractivity contribution >= 4 is 20.5 Å². The number of allylic oxidation sites excluding steroid dienone is 2. The predicted octanol–water partition coefficient (Wildman–Crippen LogP) is -6.70. The maximum absolute atomic E-state index is 5.77. The average molecular weight is 533 g/mol. The molecule has 11 heteroatoms. The van der Waals surface area contributed by atoms with Crippen molar-refractivity contribution < 1.29 is 76.5 Å². The van der Waals surface area contributed by atoms with E-state index in [1.807, 2.05) is 0 Å². The third kappa shape index (κ3) is 4.77. The molecule has 2 rings (SSSR count). The molecule has 0 aromatic rings. The molecule has 0 radical (unpaired) electrons. The van der Waals surface area contributed by atoms with E-state index in [-0.39, 0.29) is 37.0 Å². The Morgan fingerprint density at radius 1 is 0.630 bits per heavy atom. The predicted molar refractivity (Wildman–Crippen MR) is 97.6 cm³/mol. The summed E-state index contributed by atoms with van der Waals surface area (Å²) in [7, 11) is 11.9. The summed E-state index contributed by atoms with van der Waals surface area (Å²) < 4.78 is 36.6. The van der Waals surface area contributed by atoms with Crippen molar-refractivity contribution in [3.8, 4) is 0 Å². The van der Waals surface area contributed by atoms with Gasteiger partial charge in [0, 0.05) is 0 Å². The summed E-state index contributed by atoms with van der Waals surface area (Å²) in [6, 6.07) is 0. The fourth-order valence-electron chi connectivity index (χ4n) is 3.33. The maximum atomic E-state index is 5.77. The minimum atomic E-state index is -1.18. The maximum Gasteiger partial charge on any atom is -1.00 e. The third-order valence-corrected chi connectivity index (χ3v) is 13.4. The van der Waals surface area contributed by atoms with E-state index in [1.165, 1.54) is 17.0 Å². The Morgan fingerprint density at radius 2 is 0.963 bits per heavy atom. The molecule has 0 N–H and O–H groups in total. The Bertz CT molecular complexity index is 622. The summed E-state index contributed by atoms with van der Waals surface area (Å²) >= 11 is -1.18. The van der Waals surface area contributed by atoms with Crippen LogP contribution in [0, 0.1) is 0 Å². The molecule has 2 aliphatic carbocycles. The molecular weight excluding hydrogens is 506 g/mol. The van der Waals surface area contributed by atoms with Crippen LogP contribution in [0.5, 0.6) is 0 Å². The Labute approximate surface area is 190 Å². The van der Waals surface area contributed by atoms with Crippen molar-refractivity contribution in [3.63, 3.8) is 0 Å². The fraction of sp³-hybridized carbons (Fsp3) is 0.500. The quantitative estimate of drug-likeness (QED) is 0.290. The second kappa shape index (κ2) is 11.9. The summed E-state index contributed by atoms with van der Waals surface area (Å²) in [5, 5.41) is 2.50. The van der Waals surface area contributed by atoms with Crippen molar-refractivity contribution in [3.05, 3.63) is 40.0 Å². The molecule has 0 spiro atoms. The molecule has 0 saturated heterocycles. The van der Waals surface area contributed by atoms with Crippen molar-refractivity contribution in [1.82, 2.24) is 0 Å². The van der Waals surface area contributed by atoms with E-state index < -0.39 is 23.2 Å². The van der Waals surface area contributed by atoms with E-state index >= 15 is 0 Å². The van der Waals surface area contributed by atoms with Crippen LogP contribution in [0.3, 0.4) is 0 Å². The van der Waals surface area contributed by atoms with Gasteiger partial charge in [-0.3, -0.25) is 0 Å². The van der Waals surface area contributed by atoms with Crippen molar-refractivity contribution in [2.45, 2.75) is 12.2 Å². The first-order valence-corrected chi connectivity index (χ1v) is 12.4. The smallest absolute Gasteiger partial charge is 1.00 e. The number of hydrogen-bond acceptors (Lipinski definition) is 6. The van der Waals surface area contributed by atoms with Crippen LogP contribution in [0.1, 0.15) is 0 Å². The van der Waals surface area contributed by atoms with Crippen LogP contribution >= 0.6 is 0 Å². The summed E-state index contributed by atoms with van der Waals surface area (Å²) in [6.45, 7) is 0. The molecule has 27 heavy (non-hydrogen) atoms. The normalized spacial score (nSPS) is 22.0. The molecule has 2 aliphatic rings. The first-order valence-electron chi connectivity index (χ1n) is 7.89. The first kappa shape index (κ1) is 27.0. The SMILES string of the molecule is COC1=C(OC)C(OC)[C]([Zr+2][C]2=C([SiH3])C(OC)=C(OC)C2OC)=C1[SiH3].[Cl-].[Cl-]. The van der Waals surface area contributed by atoms with Gasteiger partial charge in [-0.2, -0.15) is 0 Å². The summed E-state index contributed by atoms with van der Waals surface area (Å²) in [5.74, 6) is 3.23. The molecule has 0 bridgehead atoms. The van der Waals surface area contributed by atoms with Gasteiger partial charge in [-0.25, -0.2) is 0 Å². The topological polar surface area (TPSA) is 55.4 Å². The molecule has 152 valence electrons. The van der Waals surface area contributed by atoms with Crippen LogP contribution < -0.4 is 24.8 Å². The van der Waals surface area contributed by atoms with E-state index in [4.69, 9.17) is 28.4 Å². The van der Waals surface area contributed by atoms with Gasteiger partial charge in [0.2, 0.25) is 0 Å². The number of rotatable bonds is 8. The first-order chi connectivity index (χ1) is 12.0. The molecule has 0 aromatic carbocycles. The fourth-order valence-corrected chi connectivity index (χ4v) is 10.3.